The van der Waals surface area contributed by atoms with Gasteiger partial charge in [-0.25, -0.2) is 8.42 Å². The van der Waals surface area contributed by atoms with Gasteiger partial charge >= 0.3 is 7.12 Å². The van der Waals surface area contributed by atoms with E-state index in [1.165, 1.54) is 0 Å². The second-order valence-electron chi connectivity index (χ2n) is 8.58. The van der Waals surface area contributed by atoms with Crippen molar-refractivity contribution in [3.05, 3.63) is 23.9 Å². The number of amides is 1. The van der Waals surface area contributed by atoms with Gasteiger partial charge in [-0.15, -0.1) is 0 Å². The van der Waals surface area contributed by atoms with Crippen molar-refractivity contribution in [2.24, 2.45) is 5.73 Å². The fourth-order valence-corrected chi connectivity index (χ4v) is 5.40. The Morgan fingerprint density at radius 1 is 1.25 bits per heavy atom. The molecule has 1 unspecified atom stereocenters. The number of sulfone groups is 1. The van der Waals surface area contributed by atoms with Crippen LogP contribution in [-0.2, 0) is 19.1 Å². The number of primary amides is 1. The Kier molecular flexibility index (Phi) is 4.19. The van der Waals surface area contributed by atoms with Crippen molar-refractivity contribution >= 4 is 39.2 Å². The van der Waals surface area contributed by atoms with Gasteiger partial charge in [0.05, 0.1) is 34.3 Å². The number of nitrogens with two attached hydrogens (primary N) is 1. The van der Waals surface area contributed by atoms with E-state index in [1.54, 1.807) is 10.7 Å². The summed E-state index contributed by atoms with van der Waals surface area (Å²) in [6.45, 7) is 7.88. The highest BCUT2D eigenvalue weighted by Crippen LogP contribution is 2.37. The van der Waals surface area contributed by atoms with E-state index in [0.29, 0.717) is 17.3 Å². The monoisotopic (exact) mass is 405 g/mol. The topological polar surface area (TPSA) is 114 Å². The third kappa shape index (κ3) is 3.03. The Morgan fingerprint density at radius 3 is 2.43 bits per heavy atom. The number of aromatic nitrogens is 2. The number of rotatable bonds is 3. The van der Waals surface area contributed by atoms with E-state index in [1.807, 2.05) is 39.8 Å². The van der Waals surface area contributed by atoms with Gasteiger partial charge in [-0.2, -0.15) is 5.10 Å². The molecule has 0 aliphatic carbocycles. The van der Waals surface area contributed by atoms with Crippen LogP contribution in [0.25, 0.3) is 10.9 Å². The quantitative estimate of drug-likeness (QED) is 0.756. The van der Waals surface area contributed by atoms with E-state index < -0.39 is 34.1 Å². The zero-order valence-electron chi connectivity index (χ0n) is 16.4. The first kappa shape index (κ1) is 19.4. The molecule has 4 rings (SSSR count). The number of benzene rings is 1. The van der Waals surface area contributed by atoms with Crippen LogP contribution < -0.4 is 11.2 Å². The lowest BCUT2D eigenvalue weighted by molar-refractivity contribution is 0.00578. The molecule has 2 aromatic rings. The zero-order chi connectivity index (χ0) is 20.5. The first-order valence-electron chi connectivity index (χ1n) is 9.28. The summed E-state index contributed by atoms with van der Waals surface area (Å²) in [5.74, 6) is -0.520. The van der Waals surface area contributed by atoms with Gasteiger partial charge in [-0.1, -0.05) is 12.1 Å². The largest absolute Gasteiger partial charge is 0.494 e. The highest BCUT2D eigenvalue weighted by atomic mass is 32.2. The lowest BCUT2D eigenvalue weighted by atomic mass is 9.78. The lowest BCUT2D eigenvalue weighted by Gasteiger charge is -2.32. The lowest BCUT2D eigenvalue weighted by Crippen LogP contribution is -2.41. The normalized spacial score (nSPS) is 25.4. The summed E-state index contributed by atoms with van der Waals surface area (Å²) in [5, 5.41) is 4.93. The summed E-state index contributed by atoms with van der Waals surface area (Å²) in [7, 11) is -3.67. The van der Waals surface area contributed by atoms with Gasteiger partial charge in [-0.05, 0) is 45.6 Å². The predicted molar refractivity (Wildman–Crippen MR) is 106 cm³/mol. The molecule has 2 aliphatic heterocycles. The minimum atomic E-state index is -3.09. The van der Waals surface area contributed by atoms with E-state index in [-0.39, 0.29) is 23.2 Å². The summed E-state index contributed by atoms with van der Waals surface area (Å²) in [5.41, 5.74) is 6.13. The molecule has 0 bridgehead atoms. The smallest absolute Gasteiger partial charge is 0.399 e. The molecule has 2 fully saturated rings. The molecular weight excluding hydrogens is 381 g/mol. The molecule has 150 valence electrons. The molecule has 1 aromatic heterocycles. The van der Waals surface area contributed by atoms with E-state index in [4.69, 9.17) is 15.0 Å². The Bertz CT molecular complexity index is 1060. The molecule has 2 N–H and O–H groups in total. The molecule has 2 saturated heterocycles. The second kappa shape index (κ2) is 6.04. The van der Waals surface area contributed by atoms with Crippen LogP contribution in [0.1, 0.15) is 50.6 Å². The Morgan fingerprint density at radius 2 is 1.89 bits per heavy atom. The van der Waals surface area contributed by atoms with Crippen LogP contribution in [0.2, 0.25) is 0 Å². The fraction of sp³-hybridized carbons (Fsp3) is 0.556. The molecule has 0 radical (unpaired) electrons. The molecule has 10 heteroatoms. The van der Waals surface area contributed by atoms with Crippen LogP contribution in [0, 0.1) is 0 Å². The predicted octanol–water partition coefficient (Wildman–Crippen LogP) is 0.794. The van der Waals surface area contributed by atoms with Gasteiger partial charge in [0.2, 0.25) is 0 Å². The summed E-state index contributed by atoms with van der Waals surface area (Å²) >= 11 is 0. The molecule has 28 heavy (non-hydrogen) atoms. The molecule has 1 amide bonds. The minimum Gasteiger partial charge on any atom is -0.399 e. The first-order chi connectivity index (χ1) is 12.9. The third-order valence-electron chi connectivity index (χ3n) is 6.04. The van der Waals surface area contributed by atoms with Gasteiger partial charge in [0.25, 0.3) is 5.91 Å². The standard InChI is InChI=1S/C18H24BN3O5S/c1-17(2)18(3,4)27-19(26-17)11-5-6-14-13(9-11)15(16(20)23)21-22(14)12-7-8-28(24,25)10-12/h5-6,9,12H,7-8,10H2,1-4H3,(H2,20,23). The highest BCUT2D eigenvalue weighted by molar-refractivity contribution is 7.91. The zero-order valence-corrected chi connectivity index (χ0v) is 17.2. The minimum absolute atomic E-state index is 0.0148. The Hall–Kier alpha value is -1.91. The SMILES string of the molecule is CC1(C)OB(c2ccc3c(c2)c(C(N)=O)nn3C2CCS(=O)(=O)C2)OC1(C)C. The van der Waals surface area contributed by atoms with Crippen molar-refractivity contribution in [2.75, 3.05) is 11.5 Å². The molecule has 0 saturated carbocycles. The number of hydrogen-bond donors (Lipinski definition) is 1. The molecule has 0 spiro atoms. The van der Waals surface area contributed by atoms with Crippen LogP contribution in [0.5, 0.6) is 0 Å². The second-order valence-corrected chi connectivity index (χ2v) is 10.8. The summed E-state index contributed by atoms with van der Waals surface area (Å²) in [4.78, 5) is 12.0. The number of carbonyl (C=O) groups excluding carboxylic acids is 1. The average molecular weight is 405 g/mol. The number of nitrogens with zero attached hydrogens (tertiary/aromatic N) is 2. The first-order valence-corrected chi connectivity index (χ1v) is 11.1. The van der Waals surface area contributed by atoms with Crippen molar-refractivity contribution in [1.82, 2.24) is 9.78 Å². The van der Waals surface area contributed by atoms with Crippen LogP contribution in [0.3, 0.4) is 0 Å². The van der Waals surface area contributed by atoms with Crippen LogP contribution in [0.15, 0.2) is 18.2 Å². The molecule has 8 nitrogen and oxygen atoms in total. The summed E-state index contributed by atoms with van der Waals surface area (Å²) in [6.07, 6.45) is 0.469. The molecule has 1 atom stereocenters. The van der Waals surface area contributed by atoms with E-state index in [0.717, 1.165) is 5.46 Å². The van der Waals surface area contributed by atoms with Crippen molar-refractivity contribution in [3.63, 3.8) is 0 Å². The molecule has 3 heterocycles. The Labute approximate surface area is 164 Å². The molecule has 1 aromatic carbocycles. The maximum absolute atomic E-state index is 12.0. The number of hydrogen-bond acceptors (Lipinski definition) is 6. The average Bonchev–Trinajstić information content (AvgIpc) is 3.18. The maximum Gasteiger partial charge on any atom is 0.494 e. The Balaban J connectivity index is 1.78. The number of carbonyl (C=O) groups is 1. The van der Waals surface area contributed by atoms with Crippen LogP contribution in [0.4, 0.5) is 0 Å². The van der Waals surface area contributed by atoms with Gasteiger partial charge < -0.3 is 15.0 Å². The van der Waals surface area contributed by atoms with Gasteiger partial charge in [-0.3, -0.25) is 9.48 Å². The van der Waals surface area contributed by atoms with E-state index >= 15 is 0 Å². The van der Waals surface area contributed by atoms with Crippen molar-refractivity contribution in [1.29, 1.82) is 0 Å². The van der Waals surface area contributed by atoms with E-state index in [2.05, 4.69) is 5.10 Å². The van der Waals surface area contributed by atoms with Gasteiger partial charge in [0, 0.05) is 5.39 Å². The number of fused-ring (bicyclic) bond motifs is 1. The van der Waals surface area contributed by atoms with Crippen molar-refractivity contribution in [2.45, 2.75) is 51.4 Å². The van der Waals surface area contributed by atoms with Crippen LogP contribution >= 0.6 is 0 Å². The van der Waals surface area contributed by atoms with E-state index in [9.17, 15) is 13.2 Å². The fourth-order valence-electron chi connectivity index (χ4n) is 3.71. The summed E-state index contributed by atoms with van der Waals surface area (Å²) in [6, 6.07) is 5.17. The van der Waals surface area contributed by atoms with Crippen molar-refractivity contribution < 1.29 is 22.5 Å². The van der Waals surface area contributed by atoms with Gasteiger partial charge in [0.15, 0.2) is 15.5 Å². The molecule has 2 aliphatic rings. The summed E-state index contributed by atoms with van der Waals surface area (Å²) < 4.78 is 37.5. The highest BCUT2D eigenvalue weighted by Gasteiger charge is 2.51. The molecular formula is C18H24BN3O5S. The van der Waals surface area contributed by atoms with Crippen molar-refractivity contribution in [3.8, 4) is 0 Å². The van der Waals surface area contributed by atoms with Crippen LogP contribution in [-0.4, -0.2) is 53.9 Å². The van der Waals surface area contributed by atoms with Gasteiger partial charge in [0.1, 0.15) is 0 Å². The maximum atomic E-state index is 12.0. The third-order valence-corrected chi connectivity index (χ3v) is 7.79.